The van der Waals surface area contributed by atoms with E-state index in [0.717, 1.165) is 17.4 Å². The Morgan fingerprint density at radius 2 is 1.79 bits per heavy atom. The summed E-state index contributed by atoms with van der Waals surface area (Å²) < 4.78 is 1.82. The van der Waals surface area contributed by atoms with Gasteiger partial charge in [0.2, 0.25) is 0 Å². The van der Waals surface area contributed by atoms with Gasteiger partial charge in [0.25, 0.3) is 5.91 Å². The molecule has 29 heavy (non-hydrogen) atoms. The van der Waals surface area contributed by atoms with E-state index >= 15 is 0 Å². The molecule has 3 heterocycles. The van der Waals surface area contributed by atoms with Crippen LogP contribution in [0.25, 0.3) is 10.9 Å². The summed E-state index contributed by atoms with van der Waals surface area (Å²) in [6.45, 7) is 4.10. The average Bonchev–Trinajstić information content (AvgIpc) is 3.33. The largest absolute Gasteiger partial charge is 0.318 e. The highest BCUT2D eigenvalue weighted by molar-refractivity contribution is 6.10. The van der Waals surface area contributed by atoms with E-state index < -0.39 is 0 Å². The Labute approximate surface area is 168 Å². The Morgan fingerprint density at radius 3 is 2.55 bits per heavy atom. The number of fused-ring (bicyclic) bond motifs is 1. The van der Waals surface area contributed by atoms with Crippen molar-refractivity contribution in [2.75, 3.05) is 18.4 Å². The number of carbonyl (C=O) groups is 1. The molecule has 0 saturated carbocycles. The summed E-state index contributed by atoms with van der Waals surface area (Å²) in [6.07, 6.45) is 4.80. The van der Waals surface area contributed by atoms with Crippen molar-refractivity contribution < 1.29 is 4.79 Å². The number of aromatic nitrogens is 4. The van der Waals surface area contributed by atoms with Gasteiger partial charge in [-0.1, -0.05) is 42.5 Å². The number of nitrogens with one attached hydrogen (secondary N) is 2. The Balaban J connectivity index is 1.23. The summed E-state index contributed by atoms with van der Waals surface area (Å²) in [6, 6.07) is 16.2. The molecular formula is C22H22N6O. The van der Waals surface area contributed by atoms with Crippen LogP contribution in [0.5, 0.6) is 0 Å². The molecule has 0 atom stereocenters. The van der Waals surface area contributed by atoms with E-state index in [9.17, 15) is 4.79 Å². The number of carbonyl (C=O) groups excluding carboxylic acids is 1. The lowest BCUT2D eigenvalue weighted by atomic mass is 10.1. The highest BCUT2D eigenvalue weighted by Gasteiger charge is 2.15. The SMILES string of the molecule is O=C(Nc1cnn(Cc2ccc(CN3CCC3)cc2)c1)c1n[nH]c2ccccc12. The number of hydrogen-bond acceptors (Lipinski definition) is 4. The van der Waals surface area contributed by atoms with Gasteiger partial charge in [-0.2, -0.15) is 10.2 Å². The second-order valence-corrected chi connectivity index (χ2v) is 7.44. The van der Waals surface area contributed by atoms with Gasteiger partial charge in [0.1, 0.15) is 0 Å². The molecule has 146 valence electrons. The van der Waals surface area contributed by atoms with Crippen molar-refractivity contribution in [2.45, 2.75) is 19.5 Å². The fourth-order valence-electron chi connectivity index (χ4n) is 3.58. The number of H-pyrrole nitrogens is 1. The number of benzene rings is 2. The molecule has 0 bridgehead atoms. The Hall–Kier alpha value is -3.45. The van der Waals surface area contributed by atoms with Gasteiger partial charge in [0.15, 0.2) is 5.69 Å². The zero-order valence-electron chi connectivity index (χ0n) is 16.0. The lowest BCUT2D eigenvalue weighted by molar-refractivity contribution is 0.102. The number of rotatable bonds is 6. The summed E-state index contributed by atoms with van der Waals surface area (Å²) in [5, 5.41) is 15.1. The minimum absolute atomic E-state index is 0.252. The quantitative estimate of drug-likeness (QED) is 0.533. The number of hydrogen-bond donors (Lipinski definition) is 2. The minimum atomic E-state index is -0.252. The molecule has 1 aliphatic heterocycles. The highest BCUT2D eigenvalue weighted by Crippen LogP contribution is 2.17. The molecule has 5 rings (SSSR count). The topological polar surface area (TPSA) is 78.8 Å². The molecule has 4 aromatic rings. The predicted octanol–water partition coefficient (Wildman–Crippen LogP) is 3.27. The van der Waals surface area contributed by atoms with Gasteiger partial charge in [-0.25, -0.2) is 0 Å². The molecule has 2 aromatic carbocycles. The molecule has 7 nitrogen and oxygen atoms in total. The summed E-state index contributed by atoms with van der Waals surface area (Å²) in [5.74, 6) is -0.252. The molecular weight excluding hydrogens is 364 g/mol. The third-order valence-electron chi connectivity index (χ3n) is 5.30. The monoisotopic (exact) mass is 386 g/mol. The fraction of sp³-hybridized carbons (Fsp3) is 0.227. The molecule has 0 spiro atoms. The van der Waals surface area contributed by atoms with Crippen LogP contribution in [-0.2, 0) is 13.1 Å². The number of likely N-dealkylation sites (tertiary alicyclic amines) is 1. The second kappa shape index (κ2) is 7.52. The summed E-state index contributed by atoms with van der Waals surface area (Å²) in [4.78, 5) is 15.0. The maximum absolute atomic E-state index is 12.6. The van der Waals surface area contributed by atoms with Crippen LogP contribution in [0.15, 0.2) is 60.9 Å². The summed E-state index contributed by atoms with van der Waals surface area (Å²) in [5.41, 5.74) is 4.39. The zero-order chi connectivity index (χ0) is 19.6. The van der Waals surface area contributed by atoms with E-state index in [4.69, 9.17) is 0 Å². The summed E-state index contributed by atoms with van der Waals surface area (Å²) >= 11 is 0. The molecule has 1 saturated heterocycles. The Kier molecular flexibility index (Phi) is 4.57. The van der Waals surface area contributed by atoms with E-state index in [2.05, 4.69) is 49.8 Å². The molecule has 1 fully saturated rings. The first kappa shape index (κ1) is 17.6. The fourth-order valence-corrected chi connectivity index (χ4v) is 3.58. The number of nitrogens with zero attached hydrogens (tertiary/aromatic N) is 4. The van der Waals surface area contributed by atoms with Gasteiger partial charge in [0.05, 0.1) is 23.9 Å². The van der Waals surface area contributed by atoms with Crippen molar-refractivity contribution in [3.8, 4) is 0 Å². The normalized spacial score (nSPS) is 14.1. The molecule has 1 aliphatic rings. The Morgan fingerprint density at radius 1 is 1.03 bits per heavy atom. The lowest BCUT2D eigenvalue weighted by Gasteiger charge is -2.30. The van der Waals surface area contributed by atoms with E-state index in [1.807, 2.05) is 35.1 Å². The first-order valence-corrected chi connectivity index (χ1v) is 9.82. The Bertz CT molecular complexity index is 1140. The van der Waals surface area contributed by atoms with Gasteiger partial charge in [0, 0.05) is 18.1 Å². The van der Waals surface area contributed by atoms with Crippen LogP contribution in [-0.4, -0.2) is 43.9 Å². The van der Waals surface area contributed by atoms with Crippen LogP contribution in [0.4, 0.5) is 5.69 Å². The van der Waals surface area contributed by atoms with Gasteiger partial charge >= 0.3 is 0 Å². The first-order chi connectivity index (χ1) is 14.2. The number of para-hydroxylation sites is 1. The first-order valence-electron chi connectivity index (χ1n) is 9.82. The third kappa shape index (κ3) is 3.77. The van der Waals surface area contributed by atoms with E-state index in [1.54, 1.807) is 6.20 Å². The standard InChI is InChI=1S/C22H22N6O/c29-22(21-19-4-1-2-5-20(19)25-26-21)24-18-12-23-28(15-18)14-17-8-6-16(7-9-17)13-27-10-3-11-27/h1-2,4-9,12,15H,3,10-11,13-14H2,(H,24,29)(H,25,26). The van der Waals surface area contributed by atoms with Crippen LogP contribution in [0.3, 0.4) is 0 Å². The van der Waals surface area contributed by atoms with Crippen LogP contribution < -0.4 is 5.32 Å². The van der Waals surface area contributed by atoms with Crippen molar-refractivity contribution in [1.82, 2.24) is 24.9 Å². The van der Waals surface area contributed by atoms with E-state index in [1.165, 1.54) is 30.6 Å². The molecule has 1 amide bonds. The van der Waals surface area contributed by atoms with Crippen LogP contribution in [0.2, 0.25) is 0 Å². The zero-order valence-corrected chi connectivity index (χ0v) is 16.0. The maximum atomic E-state index is 12.6. The maximum Gasteiger partial charge on any atom is 0.276 e. The second-order valence-electron chi connectivity index (χ2n) is 7.44. The number of amides is 1. The van der Waals surface area contributed by atoms with Crippen molar-refractivity contribution >= 4 is 22.5 Å². The highest BCUT2D eigenvalue weighted by atomic mass is 16.2. The van der Waals surface area contributed by atoms with Gasteiger partial charge in [-0.15, -0.1) is 0 Å². The van der Waals surface area contributed by atoms with Crippen molar-refractivity contribution in [1.29, 1.82) is 0 Å². The van der Waals surface area contributed by atoms with Crippen molar-refractivity contribution in [2.24, 2.45) is 0 Å². The predicted molar refractivity (Wildman–Crippen MR) is 112 cm³/mol. The van der Waals surface area contributed by atoms with E-state index in [-0.39, 0.29) is 5.91 Å². The summed E-state index contributed by atoms with van der Waals surface area (Å²) in [7, 11) is 0. The average molecular weight is 386 g/mol. The number of anilines is 1. The van der Waals surface area contributed by atoms with Crippen molar-refractivity contribution in [3.63, 3.8) is 0 Å². The smallest absolute Gasteiger partial charge is 0.276 e. The van der Waals surface area contributed by atoms with Crippen LogP contribution >= 0.6 is 0 Å². The van der Waals surface area contributed by atoms with Crippen LogP contribution in [0.1, 0.15) is 28.0 Å². The molecule has 0 aliphatic carbocycles. The van der Waals surface area contributed by atoms with Gasteiger partial charge in [-0.05, 0) is 36.7 Å². The van der Waals surface area contributed by atoms with Gasteiger partial charge in [-0.3, -0.25) is 19.5 Å². The lowest BCUT2D eigenvalue weighted by Crippen LogP contribution is -2.36. The minimum Gasteiger partial charge on any atom is -0.318 e. The van der Waals surface area contributed by atoms with Crippen molar-refractivity contribution in [3.05, 3.63) is 77.7 Å². The third-order valence-corrected chi connectivity index (χ3v) is 5.30. The molecule has 0 radical (unpaired) electrons. The van der Waals surface area contributed by atoms with Crippen LogP contribution in [0, 0.1) is 0 Å². The molecule has 2 N–H and O–H groups in total. The molecule has 2 aromatic heterocycles. The molecule has 7 heteroatoms. The molecule has 0 unspecified atom stereocenters. The number of aromatic amines is 1. The van der Waals surface area contributed by atoms with E-state index in [0.29, 0.717) is 17.9 Å². The van der Waals surface area contributed by atoms with Gasteiger partial charge < -0.3 is 5.32 Å².